The maximum Gasteiger partial charge on any atom is 0.263 e. The second kappa shape index (κ2) is 5.95. The summed E-state index contributed by atoms with van der Waals surface area (Å²) in [6.07, 6.45) is 0.662. The monoisotopic (exact) mass is 320 g/mol. The highest BCUT2D eigenvalue weighted by atomic mass is 35.5. The average molecular weight is 321 g/mol. The fraction of sp³-hybridized carbons (Fsp3) is 0. The summed E-state index contributed by atoms with van der Waals surface area (Å²) in [6, 6.07) is 11.7. The van der Waals surface area contributed by atoms with Crippen LogP contribution in [0, 0.1) is 11.3 Å². The first-order valence-corrected chi connectivity index (χ1v) is 7.60. The van der Waals surface area contributed by atoms with Gasteiger partial charge in [-0.2, -0.15) is 5.26 Å². The van der Waals surface area contributed by atoms with Crippen molar-refractivity contribution in [3.63, 3.8) is 0 Å². The van der Waals surface area contributed by atoms with E-state index in [9.17, 15) is 13.2 Å². The van der Waals surface area contributed by atoms with Crippen molar-refractivity contribution in [2.45, 2.75) is 4.90 Å². The first-order valence-electron chi connectivity index (χ1n) is 5.74. The molecule has 1 N–H and O–H groups in total. The minimum absolute atomic E-state index is 0.0361. The normalized spacial score (nSPS) is 10.7. The molecule has 0 atom stereocenters. The van der Waals surface area contributed by atoms with Crippen molar-refractivity contribution < 1.29 is 13.2 Å². The van der Waals surface area contributed by atoms with Crippen molar-refractivity contribution in [1.29, 1.82) is 5.26 Å². The van der Waals surface area contributed by atoms with Gasteiger partial charge < -0.3 is 0 Å². The van der Waals surface area contributed by atoms with E-state index >= 15 is 0 Å². The Labute approximate surface area is 126 Å². The number of hydrogen-bond donors (Lipinski definition) is 1. The highest BCUT2D eigenvalue weighted by Crippen LogP contribution is 2.24. The van der Waals surface area contributed by atoms with Gasteiger partial charge in [0.2, 0.25) is 0 Å². The lowest BCUT2D eigenvalue weighted by Crippen LogP contribution is -2.13. The molecular formula is C14H9ClN2O3S. The zero-order valence-electron chi connectivity index (χ0n) is 10.6. The minimum Gasteiger partial charge on any atom is -0.298 e. The number of nitriles is 1. The van der Waals surface area contributed by atoms with E-state index in [0.717, 1.165) is 0 Å². The van der Waals surface area contributed by atoms with Crippen molar-refractivity contribution in [3.05, 3.63) is 58.6 Å². The van der Waals surface area contributed by atoms with Crippen LogP contribution in [0.25, 0.3) is 0 Å². The molecule has 0 spiro atoms. The predicted octanol–water partition coefficient (Wildman–Crippen LogP) is 2.82. The lowest BCUT2D eigenvalue weighted by molar-refractivity contribution is 0.112. The Hall–Kier alpha value is -2.36. The lowest BCUT2D eigenvalue weighted by Gasteiger charge is -2.09. The standard InChI is InChI=1S/C14H9ClN2O3S/c15-13-7-11(8-16)3-6-14(13)21(19,20)17-12-4-1-10(9-18)2-5-12/h1-7,9,17H. The number of sulfonamides is 1. The van der Waals surface area contributed by atoms with Gasteiger partial charge in [-0.05, 0) is 42.5 Å². The van der Waals surface area contributed by atoms with Crippen molar-refractivity contribution in [2.24, 2.45) is 0 Å². The van der Waals surface area contributed by atoms with Gasteiger partial charge in [-0.1, -0.05) is 11.6 Å². The Morgan fingerprint density at radius 1 is 1.14 bits per heavy atom. The highest BCUT2D eigenvalue weighted by molar-refractivity contribution is 7.92. The minimum atomic E-state index is -3.87. The molecule has 21 heavy (non-hydrogen) atoms. The summed E-state index contributed by atoms with van der Waals surface area (Å²) in [5.74, 6) is 0. The Balaban J connectivity index is 2.33. The van der Waals surface area contributed by atoms with E-state index in [-0.39, 0.29) is 15.5 Å². The molecule has 0 aliphatic rings. The Morgan fingerprint density at radius 2 is 1.81 bits per heavy atom. The number of benzene rings is 2. The number of halogens is 1. The van der Waals surface area contributed by atoms with Crippen molar-refractivity contribution in [3.8, 4) is 6.07 Å². The zero-order valence-corrected chi connectivity index (χ0v) is 12.1. The molecule has 0 amide bonds. The smallest absolute Gasteiger partial charge is 0.263 e. The number of carbonyl (C=O) groups is 1. The summed E-state index contributed by atoms with van der Waals surface area (Å²) < 4.78 is 26.8. The molecule has 0 bridgehead atoms. The van der Waals surface area contributed by atoms with Gasteiger partial charge in [0.05, 0.1) is 16.7 Å². The summed E-state index contributed by atoms with van der Waals surface area (Å²) >= 11 is 5.89. The molecule has 2 aromatic carbocycles. The van der Waals surface area contributed by atoms with E-state index < -0.39 is 10.0 Å². The molecular weight excluding hydrogens is 312 g/mol. The third kappa shape index (κ3) is 3.40. The van der Waals surface area contributed by atoms with Gasteiger partial charge in [-0.15, -0.1) is 0 Å². The van der Waals surface area contributed by atoms with Gasteiger partial charge in [0.15, 0.2) is 0 Å². The number of aldehydes is 1. The number of carbonyl (C=O) groups excluding carboxylic acids is 1. The second-order valence-corrected chi connectivity index (χ2v) is 6.16. The molecule has 106 valence electrons. The Kier molecular flexibility index (Phi) is 4.26. The van der Waals surface area contributed by atoms with Crippen LogP contribution >= 0.6 is 11.6 Å². The number of anilines is 1. The van der Waals surface area contributed by atoms with Crippen molar-refractivity contribution in [1.82, 2.24) is 0 Å². The van der Waals surface area contributed by atoms with Gasteiger partial charge in [-0.25, -0.2) is 8.42 Å². The Bertz CT molecular complexity index is 824. The highest BCUT2D eigenvalue weighted by Gasteiger charge is 2.18. The first kappa shape index (κ1) is 15.0. The predicted molar refractivity (Wildman–Crippen MR) is 78.8 cm³/mol. The molecule has 0 aliphatic carbocycles. The third-order valence-corrected chi connectivity index (χ3v) is 4.51. The summed E-state index contributed by atoms with van der Waals surface area (Å²) in [5.41, 5.74) is 1.02. The van der Waals surface area contributed by atoms with Gasteiger partial charge >= 0.3 is 0 Å². The van der Waals surface area contributed by atoms with Gasteiger partial charge in [0, 0.05) is 11.3 Å². The van der Waals surface area contributed by atoms with E-state index in [1.54, 1.807) is 0 Å². The number of nitrogens with one attached hydrogen (secondary N) is 1. The van der Waals surface area contributed by atoms with Crippen LogP contribution in [-0.2, 0) is 10.0 Å². The third-order valence-electron chi connectivity index (χ3n) is 2.65. The molecule has 2 rings (SSSR count). The SMILES string of the molecule is N#Cc1ccc(S(=O)(=O)Nc2ccc(C=O)cc2)c(Cl)c1. The fourth-order valence-corrected chi connectivity index (χ4v) is 3.23. The van der Waals surface area contributed by atoms with Crippen LogP contribution in [0.5, 0.6) is 0 Å². The van der Waals surface area contributed by atoms with Crippen molar-refractivity contribution in [2.75, 3.05) is 4.72 Å². The summed E-state index contributed by atoms with van der Waals surface area (Å²) in [6.45, 7) is 0. The first-order chi connectivity index (χ1) is 9.96. The van der Waals surface area contributed by atoms with Gasteiger partial charge in [0.25, 0.3) is 10.0 Å². The summed E-state index contributed by atoms with van der Waals surface area (Å²) in [4.78, 5) is 10.4. The van der Waals surface area contributed by atoms with Crippen molar-refractivity contribution >= 4 is 33.6 Å². The molecule has 0 aromatic heterocycles. The molecule has 0 unspecified atom stereocenters. The average Bonchev–Trinajstić information content (AvgIpc) is 2.47. The summed E-state index contributed by atoms with van der Waals surface area (Å²) in [5, 5.41) is 8.70. The molecule has 0 heterocycles. The lowest BCUT2D eigenvalue weighted by atomic mass is 10.2. The van der Waals surface area contributed by atoms with E-state index in [4.69, 9.17) is 16.9 Å². The molecule has 0 fully saturated rings. The molecule has 0 saturated heterocycles. The molecule has 5 nitrogen and oxygen atoms in total. The largest absolute Gasteiger partial charge is 0.298 e. The van der Waals surface area contributed by atoms with Crippen LogP contribution in [0.2, 0.25) is 5.02 Å². The van der Waals surface area contributed by atoms with E-state index in [1.165, 1.54) is 42.5 Å². The molecule has 2 aromatic rings. The maximum absolute atomic E-state index is 12.2. The number of hydrogen-bond acceptors (Lipinski definition) is 4. The Morgan fingerprint density at radius 3 is 2.33 bits per heavy atom. The molecule has 0 aliphatic heterocycles. The molecule has 0 saturated carbocycles. The fourth-order valence-electron chi connectivity index (χ4n) is 1.63. The quantitative estimate of drug-likeness (QED) is 0.877. The van der Waals surface area contributed by atoms with E-state index in [2.05, 4.69) is 4.72 Å². The molecule has 7 heteroatoms. The number of nitrogens with zero attached hydrogens (tertiary/aromatic N) is 1. The van der Waals surface area contributed by atoms with Crippen LogP contribution in [0.4, 0.5) is 5.69 Å². The van der Waals surface area contributed by atoms with Crippen LogP contribution in [0.1, 0.15) is 15.9 Å². The second-order valence-electron chi connectivity index (χ2n) is 4.10. The van der Waals surface area contributed by atoms with Crippen LogP contribution in [0.3, 0.4) is 0 Å². The van der Waals surface area contributed by atoms with Gasteiger partial charge in [-0.3, -0.25) is 9.52 Å². The zero-order chi connectivity index (χ0) is 15.5. The van der Waals surface area contributed by atoms with Crippen LogP contribution in [-0.4, -0.2) is 14.7 Å². The van der Waals surface area contributed by atoms with E-state index in [1.807, 2.05) is 6.07 Å². The maximum atomic E-state index is 12.2. The van der Waals surface area contributed by atoms with E-state index in [0.29, 0.717) is 17.5 Å². The number of rotatable bonds is 4. The van der Waals surface area contributed by atoms with Crippen LogP contribution < -0.4 is 4.72 Å². The molecule has 0 radical (unpaired) electrons. The summed E-state index contributed by atoms with van der Waals surface area (Å²) in [7, 11) is -3.87. The van der Waals surface area contributed by atoms with Gasteiger partial charge in [0.1, 0.15) is 11.2 Å². The topological polar surface area (TPSA) is 87.0 Å². The van der Waals surface area contributed by atoms with Crippen LogP contribution in [0.15, 0.2) is 47.4 Å².